The van der Waals surface area contributed by atoms with Crippen molar-refractivity contribution in [2.75, 3.05) is 26.2 Å². The molecule has 0 aromatic heterocycles. The highest BCUT2D eigenvalue weighted by atomic mass is 19.1. The molecule has 0 amide bonds. The lowest BCUT2D eigenvalue weighted by Crippen LogP contribution is -2.60. The van der Waals surface area contributed by atoms with Crippen molar-refractivity contribution in [1.29, 1.82) is 0 Å². The van der Waals surface area contributed by atoms with Gasteiger partial charge in [0, 0.05) is 43.9 Å². The van der Waals surface area contributed by atoms with Gasteiger partial charge < -0.3 is 0 Å². The summed E-state index contributed by atoms with van der Waals surface area (Å²) in [5, 5.41) is 0. The Bertz CT molecular complexity index is 1100. The molecule has 3 aromatic rings. The van der Waals surface area contributed by atoms with Crippen LogP contribution in [0, 0.1) is 5.82 Å². The van der Waals surface area contributed by atoms with Crippen LogP contribution in [-0.4, -0.2) is 47.5 Å². The van der Waals surface area contributed by atoms with Crippen molar-refractivity contribution >= 4 is 11.6 Å². The zero-order valence-corrected chi connectivity index (χ0v) is 17.1. The summed E-state index contributed by atoms with van der Waals surface area (Å²) in [6.07, 6.45) is 0. The molecular formula is C26H23FN2O2. The summed E-state index contributed by atoms with van der Waals surface area (Å²) in [6.45, 7) is 3.20. The molecule has 0 bridgehead atoms. The number of hydrogen-bond acceptors (Lipinski definition) is 4. The molecule has 1 aliphatic carbocycles. The van der Waals surface area contributed by atoms with Crippen LogP contribution in [0.4, 0.5) is 4.39 Å². The average Bonchev–Trinajstić information content (AvgIpc) is 3.03. The van der Waals surface area contributed by atoms with Gasteiger partial charge in [-0.2, -0.15) is 0 Å². The van der Waals surface area contributed by atoms with E-state index in [1.165, 1.54) is 6.07 Å². The Kier molecular flexibility index (Phi) is 5.00. The summed E-state index contributed by atoms with van der Waals surface area (Å²) in [7, 11) is 0. The maximum atomic E-state index is 13.7. The zero-order valence-electron chi connectivity index (χ0n) is 17.1. The number of rotatable bonds is 4. The molecule has 5 rings (SSSR count). The monoisotopic (exact) mass is 414 g/mol. The van der Waals surface area contributed by atoms with E-state index in [1.807, 2.05) is 53.4 Å². The lowest BCUT2D eigenvalue weighted by atomic mass is 9.82. The number of piperazine rings is 1. The Morgan fingerprint density at radius 3 is 1.97 bits per heavy atom. The van der Waals surface area contributed by atoms with Crippen LogP contribution in [0.3, 0.4) is 0 Å². The van der Waals surface area contributed by atoms with Gasteiger partial charge in [0.25, 0.3) is 0 Å². The van der Waals surface area contributed by atoms with Crippen LogP contribution in [0.1, 0.15) is 31.8 Å². The van der Waals surface area contributed by atoms with Crippen molar-refractivity contribution in [2.24, 2.45) is 0 Å². The fourth-order valence-electron chi connectivity index (χ4n) is 4.92. The normalized spacial score (nSPS) is 18.9. The predicted molar refractivity (Wildman–Crippen MR) is 116 cm³/mol. The summed E-state index contributed by atoms with van der Waals surface area (Å²) in [5.74, 6) is -0.519. The van der Waals surface area contributed by atoms with E-state index in [0.717, 1.165) is 11.1 Å². The van der Waals surface area contributed by atoms with Crippen molar-refractivity contribution in [3.05, 3.63) is 107 Å². The van der Waals surface area contributed by atoms with Crippen LogP contribution in [0.2, 0.25) is 0 Å². The smallest absolute Gasteiger partial charge is 0.196 e. The molecular weight excluding hydrogens is 391 g/mol. The van der Waals surface area contributed by atoms with Crippen LogP contribution in [0.5, 0.6) is 0 Å². The molecule has 1 saturated heterocycles. The highest BCUT2D eigenvalue weighted by Gasteiger charge is 2.58. The first-order valence-electron chi connectivity index (χ1n) is 10.6. The van der Waals surface area contributed by atoms with E-state index in [-0.39, 0.29) is 17.4 Å². The fraction of sp³-hybridized carbons (Fsp3) is 0.231. The van der Waals surface area contributed by atoms with Gasteiger partial charge in [-0.25, -0.2) is 4.39 Å². The van der Waals surface area contributed by atoms with Gasteiger partial charge in [-0.3, -0.25) is 19.4 Å². The molecule has 0 atom stereocenters. The number of benzene rings is 3. The molecule has 5 heteroatoms. The third-order valence-corrected chi connectivity index (χ3v) is 6.41. The number of carbonyl (C=O) groups is 2. The highest BCUT2D eigenvalue weighted by molar-refractivity contribution is 6.32. The Hall–Kier alpha value is -3.15. The van der Waals surface area contributed by atoms with Gasteiger partial charge in [-0.1, -0.05) is 66.7 Å². The predicted octanol–water partition coefficient (Wildman–Crippen LogP) is 3.92. The Morgan fingerprint density at radius 2 is 1.35 bits per heavy atom. The third-order valence-electron chi connectivity index (χ3n) is 6.41. The van der Waals surface area contributed by atoms with Crippen molar-refractivity contribution in [2.45, 2.75) is 12.1 Å². The molecule has 2 aliphatic rings. The van der Waals surface area contributed by atoms with Crippen LogP contribution in [0.15, 0.2) is 78.9 Å². The van der Waals surface area contributed by atoms with Crippen molar-refractivity contribution in [1.82, 2.24) is 9.80 Å². The Balaban J connectivity index is 1.45. The van der Waals surface area contributed by atoms with E-state index in [2.05, 4.69) is 4.90 Å². The van der Waals surface area contributed by atoms with Gasteiger partial charge in [0.1, 0.15) is 5.82 Å². The Morgan fingerprint density at radius 1 is 0.742 bits per heavy atom. The van der Waals surface area contributed by atoms with Crippen molar-refractivity contribution in [3.8, 4) is 0 Å². The summed E-state index contributed by atoms with van der Waals surface area (Å²) >= 11 is 0. The molecule has 0 radical (unpaired) electrons. The SMILES string of the molecule is O=C1c2ccccc2C(=O)C1(c1ccccc1)N1CCN(Cc2cccc(F)c2)CC1. The first kappa shape index (κ1) is 19.8. The largest absolute Gasteiger partial charge is 0.297 e. The maximum Gasteiger partial charge on any atom is 0.196 e. The second-order valence-corrected chi connectivity index (χ2v) is 8.17. The highest BCUT2D eigenvalue weighted by Crippen LogP contribution is 2.42. The maximum absolute atomic E-state index is 13.7. The molecule has 0 unspecified atom stereocenters. The topological polar surface area (TPSA) is 40.6 Å². The second-order valence-electron chi connectivity index (χ2n) is 8.17. The van der Waals surface area contributed by atoms with Crippen molar-refractivity contribution < 1.29 is 14.0 Å². The molecule has 31 heavy (non-hydrogen) atoms. The quantitative estimate of drug-likeness (QED) is 0.607. The first-order valence-corrected chi connectivity index (χ1v) is 10.6. The minimum absolute atomic E-state index is 0.141. The Labute approximate surface area is 180 Å². The van der Waals surface area contributed by atoms with Gasteiger partial charge in [0.05, 0.1) is 0 Å². The molecule has 3 aromatic carbocycles. The van der Waals surface area contributed by atoms with Gasteiger partial charge in [-0.05, 0) is 23.3 Å². The number of fused-ring (bicyclic) bond motifs is 1. The lowest BCUT2D eigenvalue weighted by molar-refractivity contribution is 0.0279. The number of carbonyl (C=O) groups excluding carboxylic acids is 2. The molecule has 1 heterocycles. The number of halogens is 1. The minimum Gasteiger partial charge on any atom is -0.297 e. The average molecular weight is 414 g/mol. The van der Waals surface area contributed by atoms with E-state index in [0.29, 0.717) is 43.9 Å². The lowest BCUT2D eigenvalue weighted by Gasteiger charge is -2.44. The van der Waals surface area contributed by atoms with E-state index in [9.17, 15) is 14.0 Å². The minimum atomic E-state index is -1.31. The molecule has 156 valence electrons. The van der Waals surface area contributed by atoms with Gasteiger partial charge in [0.2, 0.25) is 0 Å². The van der Waals surface area contributed by atoms with Crippen LogP contribution < -0.4 is 0 Å². The van der Waals surface area contributed by atoms with Crippen LogP contribution in [-0.2, 0) is 12.1 Å². The third kappa shape index (κ3) is 3.21. The van der Waals surface area contributed by atoms with Crippen molar-refractivity contribution in [3.63, 3.8) is 0 Å². The van der Waals surface area contributed by atoms with E-state index < -0.39 is 5.54 Å². The first-order chi connectivity index (χ1) is 15.1. The van der Waals surface area contributed by atoms with Crippen LogP contribution in [0.25, 0.3) is 0 Å². The molecule has 1 aliphatic heterocycles. The van der Waals surface area contributed by atoms with Gasteiger partial charge >= 0.3 is 0 Å². The summed E-state index contributed by atoms with van der Waals surface area (Å²) in [5.41, 5.74) is 1.33. The molecule has 1 fully saturated rings. The molecule has 0 N–H and O–H groups in total. The summed E-state index contributed by atoms with van der Waals surface area (Å²) in [6, 6.07) is 23.2. The van der Waals surface area contributed by atoms with Gasteiger partial charge in [-0.15, -0.1) is 0 Å². The van der Waals surface area contributed by atoms with E-state index in [1.54, 1.807) is 24.3 Å². The second kappa shape index (κ2) is 7.84. The standard InChI is InChI=1S/C26H23FN2O2/c27-21-10-6-7-19(17-21)18-28-13-15-29(16-14-28)26(20-8-2-1-3-9-20)24(30)22-11-4-5-12-23(22)25(26)31/h1-12,17H,13-16,18H2. The summed E-state index contributed by atoms with van der Waals surface area (Å²) < 4.78 is 13.5. The van der Waals surface area contributed by atoms with E-state index >= 15 is 0 Å². The number of Topliss-reactive ketones (excluding diaryl/α,β-unsaturated/α-hetero) is 2. The van der Waals surface area contributed by atoms with E-state index in [4.69, 9.17) is 0 Å². The van der Waals surface area contributed by atoms with Gasteiger partial charge in [0.15, 0.2) is 17.1 Å². The number of hydrogen-bond donors (Lipinski definition) is 0. The summed E-state index contributed by atoms with van der Waals surface area (Å²) in [4.78, 5) is 31.7. The zero-order chi connectivity index (χ0) is 21.4. The molecule has 0 spiro atoms. The fourth-order valence-corrected chi connectivity index (χ4v) is 4.92. The number of ketones is 2. The van der Waals surface area contributed by atoms with Crippen LogP contribution >= 0.6 is 0 Å². The molecule has 0 saturated carbocycles. The molecule has 4 nitrogen and oxygen atoms in total. The number of nitrogens with zero attached hydrogens (tertiary/aromatic N) is 2.